The van der Waals surface area contributed by atoms with Crippen molar-refractivity contribution < 1.29 is 24.6 Å². The number of aromatic carboxylic acids is 1. The van der Waals surface area contributed by atoms with Crippen molar-refractivity contribution >= 4 is 46.2 Å². The van der Waals surface area contributed by atoms with Crippen molar-refractivity contribution in [2.45, 2.75) is 51.0 Å². The molecule has 206 valence electrons. The number of fused-ring (bicyclic) bond motifs is 1. The van der Waals surface area contributed by atoms with Crippen molar-refractivity contribution in [3.05, 3.63) is 94.3 Å². The molecule has 0 aliphatic heterocycles. The lowest BCUT2D eigenvalue weighted by Crippen LogP contribution is -2.23. The molecule has 0 spiro atoms. The summed E-state index contributed by atoms with van der Waals surface area (Å²) in [5, 5.41) is 23.0. The molecule has 1 unspecified atom stereocenters. The first-order chi connectivity index (χ1) is 19.3. The van der Waals surface area contributed by atoms with Crippen molar-refractivity contribution in [3.8, 4) is 0 Å². The number of hydrogen-bond donors (Lipinski definition) is 3. The quantitative estimate of drug-likeness (QED) is 0.208. The van der Waals surface area contributed by atoms with E-state index >= 15 is 0 Å². The molecular weight excluding hydrogens is 530 g/mol. The van der Waals surface area contributed by atoms with Gasteiger partial charge in [0, 0.05) is 28.3 Å². The summed E-state index contributed by atoms with van der Waals surface area (Å²) in [6.07, 6.45) is 8.47. The summed E-state index contributed by atoms with van der Waals surface area (Å²) < 4.78 is 1.67. The lowest BCUT2D eigenvalue weighted by molar-refractivity contribution is -0.137. The van der Waals surface area contributed by atoms with Gasteiger partial charge in [0.25, 0.3) is 0 Å². The van der Waals surface area contributed by atoms with E-state index in [-0.39, 0.29) is 23.8 Å². The zero-order valence-corrected chi connectivity index (χ0v) is 22.6. The lowest BCUT2D eigenvalue weighted by Gasteiger charge is -2.20. The summed E-state index contributed by atoms with van der Waals surface area (Å²) >= 11 is 6.78. The van der Waals surface area contributed by atoms with E-state index in [1.54, 1.807) is 10.8 Å². The largest absolute Gasteiger partial charge is 0.480 e. The van der Waals surface area contributed by atoms with Gasteiger partial charge >= 0.3 is 11.9 Å². The molecule has 0 radical (unpaired) electrons. The molecule has 5 rings (SSSR count). The monoisotopic (exact) mass is 559 g/mol. The van der Waals surface area contributed by atoms with Crippen LogP contribution in [0.2, 0.25) is 5.02 Å². The van der Waals surface area contributed by atoms with Crippen molar-refractivity contribution in [3.63, 3.8) is 0 Å². The van der Waals surface area contributed by atoms with E-state index in [2.05, 4.69) is 10.3 Å². The van der Waals surface area contributed by atoms with Crippen LogP contribution in [0.4, 0.5) is 5.82 Å². The first-order valence-corrected chi connectivity index (χ1v) is 13.7. The van der Waals surface area contributed by atoms with E-state index in [0.717, 1.165) is 47.8 Å². The topological polar surface area (TPSA) is 122 Å². The van der Waals surface area contributed by atoms with Crippen molar-refractivity contribution in [2.75, 3.05) is 5.32 Å². The highest BCUT2D eigenvalue weighted by atomic mass is 35.5. The summed E-state index contributed by atoms with van der Waals surface area (Å²) in [6.45, 7) is -0.251. The summed E-state index contributed by atoms with van der Waals surface area (Å²) in [7, 11) is 0. The number of hydrogen-bond acceptors (Lipinski definition) is 4. The Kier molecular flexibility index (Phi) is 8.16. The third-order valence-electron chi connectivity index (χ3n) is 7.62. The number of carboxylic acid groups (broad SMARTS) is 2. The molecule has 2 heterocycles. The summed E-state index contributed by atoms with van der Waals surface area (Å²) in [4.78, 5) is 40.8. The molecule has 3 N–H and O–H groups in total. The zero-order valence-electron chi connectivity index (χ0n) is 21.8. The predicted octanol–water partition coefficient (Wildman–Crippen LogP) is 6.37. The van der Waals surface area contributed by atoms with Crippen molar-refractivity contribution in [1.82, 2.24) is 9.55 Å². The zero-order chi connectivity index (χ0) is 28.2. The Labute approximate surface area is 236 Å². The maximum atomic E-state index is 13.8. The first kappa shape index (κ1) is 27.4. The van der Waals surface area contributed by atoms with Crippen LogP contribution in [-0.4, -0.2) is 37.6 Å². The average Bonchev–Trinajstić information content (AvgIpc) is 3.56. The number of pyridine rings is 1. The smallest absolute Gasteiger partial charge is 0.337 e. The molecule has 9 heteroatoms. The van der Waals surface area contributed by atoms with Crippen LogP contribution in [0.1, 0.15) is 65.1 Å². The minimum atomic E-state index is -1.10. The second-order valence-corrected chi connectivity index (χ2v) is 10.8. The van der Waals surface area contributed by atoms with Crippen LogP contribution in [0, 0.1) is 5.92 Å². The van der Waals surface area contributed by atoms with E-state index in [4.69, 9.17) is 16.7 Å². The molecule has 1 fully saturated rings. The van der Waals surface area contributed by atoms with Gasteiger partial charge in [0.2, 0.25) is 5.91 Å². The third-order valence-corrected chi connectivity index (χ3v) is 7.97. The Morgan fingerprint density at radius 1 is 1.05 bits per heavy atom. The fourth-order valence-electron chi connectivity index (χ4n) is 5.65. The molecule has 1 atom stereocenters. The third kappa shape index (κ3) is 6.18. The van der Waals surface area contributed by atoms with E-state index in [0.29, 0.717) is 29.3 Å². The molecule has 0 bridgehead atoms. The molecule has 4 aromatic rings. The first-order valence-electron chi connectivity index (χ1n) is 13.4. The van der Waals surface area contributed by atoms with Crippen LogP contribution >= 0.6 is 11.6 Å². The van der Waals surface area contributed by atoms with Crippen LogP contribution in [-0.2, 0) is 22.6 Å². The number of anilines is 1. The number of halogens is 1. The number of rotatable bonds is 10. The summed E-state index contributed by atoms with van der Waals surface area (Å²) in [5.41, 5.74) is 3.41. The number of benzene rings is 2. The molecule has 0 saturated heterocycles. The van der Waals surface area contributed by atoms with Gasteiger partial charge in [-0.2, -0.15) is 0 Å². The number of aliphatic carboxylic acids is 1. The Morgan fingerprint density at radius 2 is 1.80 bits per heavy atom. The molecule has 1 aliphatic carbocycles. The highest BCUT2D eigenvalue weighted by molar-refractivity contribution is 6.32. The van der Waals surface area contributed by atoms with Gasteiger partial charge < -0.3 is 20.1 Å². The van der Waals surface area contributed by atoms with Gasteiger partial charge in [-0.05, 0) is 59.7 Å². The number of carbonyl (C=O) groups is 3. The Morgan fingerprint density at radius 3 is 2.45 bits per heavy atom. The second-order valence-electron chi connectivity index (χ2n) is 10.4. The fourth-order valence-corrected chi connectivity index (χ4v) is 5.88. The Balaban J connectivity index is 1.55. The van der Waals surface area contributed by atoms with E-state index in [1.807, 2.05) is 42.5 Å². The van der Waals surface area contributed by atoms with Gasteiger partial charge in [-0.25, -0.2) is 9.78 Å². The number of amides is 1. The summed E-state index contributed by atoms with van der Waals surface area (Å²) in [6, 6.07) is 16.5. The van der Waals surface area contributed by atoms with Crippen LogP contribution < -0.4 is 5.32 Å². The van der Waals surface area contributed by atoms with Gasteiger partial charge in [0.05, 0.1) is 11.5 Å². The van der Waals surface area contributed by atoms with Gasteiger partial charge in [0.15, 0.2) is 0 Å². The molecule has 1 aliphatic rings. The van der Waals surface area contributed by atoms with Gasteiger partial charge in [-0.3, -0.25) is 9.59 Å². The number of nitrogens with one attached hydrogen (secondary N) is 1. The fraction of sp³-hybridized carbons (Fsp3) is 0.290. The molecule has 8 nitrogen and oxygen atoms in total. The van der Waals surface area contributed by atoms with Crippen molar-refractivity contribution in [2.24, 2.45) is 5.92 Å². The molecule has 1 saturated carbocycles. The number of nitrogens with zero attached hydrogens (tertiary/aromatic N) is 2. The lowest BCUT2D eigenvalue weighted by atomic mass is 9.86. The molecular formula is C31H30ClN3O5. The highest BCUT2D eigenvalue weighted by Gasteiger charge is 2.30. The maximum Gasteiger partial charge on any atom is 0.337 e. The van der Waals surface area contributed by atoms with Crippen LogP contribution in [0.25, 0.3) is 10.9 Å². The van der Waals surface area contributed by atoms with E-state index in [9.17, 15) is 19.5 Å². The van der Waals surface area contributed by atoms with Crippen LogP contribution in [0.5, 0.6) is 0 Å². The average molecular weight is 560 g/mol. The van der Waals surface area contributed by atoms with Gasteiger partial charge in [0.1, 0.15) is 12.4 Å². The number of carboxylic acids is 2. The standard InChI is InChI=1S/C31H30ClN3O5/c32-26-15-23-25(17-35(18-29(36)37)27(23)14-22(26)12-19-6-2-1-3-7-19)24(13-20-8-4-5-9-20)30(38)34-28-11-10-21(16-33-28)31(39)40/h1-3,6-7,10-11,14-17,20,24H,4-5,8-9,12-13,18H2,(H,36,37)(H,39,40)(H,33,34,38). The molecule has 40 heavy (non-hydrogen) atoms. The van der Waals surface area contributed by atoms with Crippen LogP contribution in [0.3, 0.4) is 0 Å². The Hall–Kier alpha value is -4.17. The molecule has 2 aromatic heterocycles. The number of carbonyl (C=O) groups excluding carboxylic acids is 1. The number of aromatic nitrogens is 2. The van der Waals surface area contributed by atoms with E-state index < -0.39 is 17.9 Å². The van der Waals surface area contributed by atoms with E-state index in [1.165, 1.54) is 18.3 Å². The predicted molar refractivity (Wildman–Crippen MR) is 153 cm³/mol. The van der Waals surface area contributed by atoms with Gasteiger partial charge in [-0.1, -0.05) is 67.6 Å². The Bertz CT molecular complexity index is 1540. The highest BCUT2D eigenvalue weighted by Crippen LogP contribution is 2.39. The molecule has 1 amide bonds. The van der Waals surface area contributed by atoms with Gasteiger partial charge in [-0.15, -0.1) is 0 Å². The second kappa shape index (κ2) is 11.9. The van der Waals surface area contributed by atoms with Crippen LogP contribution in [0.15, 0.2) is 67.0 Å². The normalized spacial score (nSPS) is 14.3. The summed E-state index contributed by atoms with van der Waals surface area (Å²) in [5.74, 6) is -2.31. The molecule has 2 aromatic carbocycles. The maximum absolute atomic E-state index is 13.8. The van der Waals surface area contributed by atoms with Crippen molar-refractivity contribution in [1.29, 1.82) is 0 Å². The SMILES string of the molecule is O=C(O)Cn1cc(C(CC2CCCC2)C(=O)Nc2ccc(C(=O)O)cn2)c2cc(Cl)c(Cc3ccccc3)cc21. The minimum absolute atomic E-state index is 0.0261. The minimum Gasteiger partial charge on any atom is -0.480 e.